The molecule has 2 aromatic heterocycles. The van der Waals surface area contributed by atoms with E-state index in [-0.39, 0.29) is 6.04 Å². The lowest BCUT2D eigenvalue weighted by Gasteiger charge is -2.11. The topological polar surface area (TPSA) is 56.7 Å². The fourth-order valence-electron chi connectivity index (χ4n) is 1.81. The first kappa shape index (κ1) is 11.1. The minimum atomic E-state index is 0.166. The largest absolute Gasteiger partial charge is 0.326 e. The fourth-order valence-corrected chi connectivity index (χ4v) is 1.81. The first-order valence-electron chi connectivity index (χ1n) is 5.67. The molecule has 2 aromatic rings. The van der Waals surface area contributed by atoms with Crippen molar-refractivity contribution in [1.82, 2.24) is 14.5 Å². The third-order valence-electron chi connectivity index (χ3n) is 2.85. The van der Waals surface area contributed by atoms with Crippen LogP contribution in [0.25, 0.3) is 11.2 Å². The second kappa shape index (κ2) is 4.22. The van der Waals surface area contributed by atoms with Crippen LogP contribution >= 0.6 is 0 Å². The zero-order valence-electron chi connectivity index (χ0n) is 10.1. The van der Waals surface area contributed by atoms with E-state index in [1.54, 1.807) is 0 Å². The quantitative estimate of drug-likeness (QED) is 0.854. The van der Waals surface area contributed by atoms with Crippen molar-refractivity contribution in [3.8, 4) is 0 Å². The molecule has 4 nitrogen and oxygen atoms in total. The van der Waals surface area contributed by atoms with Crippen molar-refractivity contribution < 1.29 is 0 Å². The third-order valence-corrected chi connectivity index (χ3v) is 2.85. The minimum Gasteiger partial charge on any atom is -0.326 e. The van der Waals surface area contributed by atoms with Gasteiger partial charge < -0.3 is 10.3 Å². The lowest BCUT2D eigenvalue weighted by atomic mass is 10.2. The molecule has 0 aliphatic carbocycles. The molecule has 0 amide bonds. The van der Waals surface area contributed by atoms with E-state index in [2.05, 4.69) is 27.5 Å². The van der Waals surface area contributed by atoms with Crippen molar-refractivity contribution in [2.24, 2.45) is 5.73 Å². The predicted molar refractivity (Wildman–Crippen MR) is 65.3 cm³/mol. The van der Waals surface area contributed by atoms with E-state index in [1.807, 2.05) is 20.0 Å². The highest BCUT2D eigenvalue weighted by molar-refractivity contribution is 5.72. The zero-order valence-corrected chi connectivity index (χ0v) is 10.1. The molecule has 1 atom stereocenters. The van der Waals surface area contributed by atoms with Crippen LogP contribution < -0.4 is 5.73 Å². The van der Waals surface area contributed by atoms with Crippen molar-refractivity contribution in [3.05, 3.63) is 23.7 Å². The maximum Gasteiger partial charge on any atom is 0.160 e. The molecule has 0 aliphatic rings. The highest BCUT2D eigenvalue weighted by Gasteiger charge is 2.10. The first-order valence-corrected chi connectivity index (χ1v) is 5.67. The molecule has 0 saturated heterocycles. The van der Waals surface area contributed by atoms with Gasteiger partial charge in [-0.3, -0.25) is 0 Å². The maximum absolute atomic E-state index is 5.98. The standard InChI is InChI=1S/C12H18N4/c1-4-10(13)7-16-9(3)15-11-5-8(2)6-14-12(11)16/h5-6,10H,4,7,13H2,1-3H3. The van der Waals surface area contributed by atoms with Crippen LogP contribution in [0.15, 0.2) is 12.3 Å². The van der Waals surface area contributed by atoms with E-state index in [4.69, 9.17) is 5.73 Å². The van der Waals surface area contributed by atoms with Gasteiger partial charge in [0.2, 0.25) is 0 Å². The molecule has 16 heavy (non-hydrogen) atoms. The molecule has 2 heterocycles. The number of aryl methyl sites for hydroxylation is 2. The first-order chi connectivity index (χ1) is 7.61. The van der Waals surface area contributed by atoms with Crippen molar-refractivity contribution in [2.45, 2.75) is 39.8 Å². The Morgan fingerprint density at radius 2 is 2.19 bits per heavy atom. The van der Waals surface area contributed by atoms with Crippen molar-refractivity contribution in [1.29, 1.82) is 0 Å². The molecular weight excluding hydrogens is 200 g/mol. The maximum atomic E-state index is 5.98. The number of rotatable bonds is 3. The van der Waals surface area contributed by atoms with Gasteiger partial charge in [-0.05, 0) is 31.9 Å². The Bertz CT molecular complexity index is 501. The molecule has 4 heteroatoms. The number of imidazole rings is 1. The van der Waals surface area contributed by atoms with E-state index in [1.165, 1.54) is 0 Å². The number of hydrogen-bond acceptors (Lipinski definition) is 3. The Hall–Kier alpha value is -1.42. The number of nitrogens with two attached hydrogens (primary N) is 1. The summed E-state index contributed by atoms with van der Waals surface area (Å²) >= 11 is 0. The van der Waals surface area contributed by atoms with Gasteiger partial charge in [-0.1, -0.05) is 6.92 Å². The van der Waals surface area contributed by atoms with Gasteiger partial charge in [-0.2, -0.15) is 0 Å². The molecule has 0 aromatic carbocycles. The summed E-state index contributed by atoms with van der Waals surface area (Å²) < 4.78 is 2.10. The number of pyridine rings is 1. The Labute approximate surface area is 95.5 Å². The second-order valence-corrected chi connectivity index (χ2v) is 4.29. The Morgan fingerprint density at radius 1 is 1.44 bits per heavy atom. The van der Waals surface area contributed by atoms with Crippen LogP contribution in [0.3, 0.4) is 0 Å². The molecule has 0 bridgehead atoms. The zero-order chi connectivity index (χ0) is 11.7. The van der Waals surface area contributed by atoms with Gasteiger partial charge in [-0.15, -0.1) is 0 Å². The van der Waals surface area contributed by atoms with Crippen LogP contribution in [0.5, 0.6) is 0 Å². The summed E-state index contributed by atoms with van der Waals surface area (Å²) in [5.74, 6) is 0.983. The number of aromatic nitrogens is 3. The summed E-state index contributed by atoms with van der Waals surface area (Å²) in [7, 11) is 0. The van der Waals surface area contributed by atoms with Gasteiger partial charge >= 0.3 is 0 Å². The smallest absolute Gasteiger partial charge is 0.160 e. The highest BCUT2D eigenvalue weighted by atomic mass is 15.1. The Balaban J connectivity index is 2.47. The van der Waals surface area contributed by atoms with E-state index in [9.17, 15) is 0 Å². The summed E-state index contributed by atoms with van der Waals surface area (Å²) in [6.07, 6.45) is 2.84. The average molecular weight is 218 g/mol. The molecule has 2 N–H and O–H groups in total. The summed E-state index contributed by atoms with van der Waals surface area (Å²) in [4.78, 5) is 8.94. The molecule has 86 valence electrons. The summed E-state index contributed by atoms with van der Waals surface area (Å²) in [5.41, 5.74) is 9.01. The molecule has 2 rings (SSSR count). The van der Waals surface area contributed by atoms with Gasteiger partial charge in [0.1, 0.15) is 11.3 Å². The molecular formula is C12H18N4. The van der Waals surface area contributed by atoms with Gasteiger partial charge in [0, 0.05) is 18.8 Å². The van der Waals surface area contributed by atoms with Crippen molar-refractivity contribution in [3.63, 3.8) is 0 Å². The normalized spacial score (nSPS) is 13.2. The number of fused-ring (bicyclic) bond motifs is 1. The lowest BCUT2D eigenvalue weighted by Crippen LogP contribution is -2.25. The van der Waals surface area contributed by atoms with E-state index in [0.29, 0.717) is 0 Å². The second-order valence-electron chi connectivity index (χ2n) is 4.29. The van der Waals surface area contributed by atoms with Crippen LogP contribution in [0.4, 0.5) is 0 Å². The third kappa shape index (κ3) is 1.93. The van der Waals surface area contributed by atoms with Gasteiger partial charge in [0.05, 0.1) is 0 Å². The molecule has 1 unspecified atom stereocenters. The Kier molecular flexibility index (Phi) is 2.92. The Morgan fingerprint density at radius 3 is 2.88 bits per heavy atom. The van der Waals surface area contributed by atoms with E-state index in [0.717, 1.165) is 35.5 Å². The van der Waals surface area contributed by atoms with Crippen LogP contribution in [-0.2, 0) is 6.54 Å². The molecule has 0 fully saturated rings. The molecule has 0 saturated carbocycles. The van der Waals surface area contributed by atoms with Crippen LogP contribution in [0.2, 0.25) is 0 Å². The highest BCUT2D eigenvalue weighted by Crippen LogP contribution is 2.15. The minimum absolute atomic E-state index is 0.166. The number of nitrogens with zero attached hydrogens (tertiary/aromatic N) is 3. The van der Waals surface area contributed by atoms with Crippen LogP contribution in [0, 0.1) is 13.8 Å². The fraction of sp³-hybridized carbons (Fsp3) is 0.500. The van der Waals surface area contributed by atoms with Crippen LogP contribution in [0.1, 0.15) is 24.7 Å². The van der Waals surface area contributed by atoms with Gasteiger partial charge in [0.15, 0.2) is 5.65 Å². The monoisotopic (exact) mass is 218 g/mol. The van der Waals surface area contributed by atoms with Gasteiger partial charge in [0.25, 0.3) is 0 Å². The lowest BCUT2D eigenvalue weighted by molar-refractivity contribution is 0.537. The summed E-state index contributed by atoms with van der Waals surface area (Å²) in [5, 5.41) is 0. The predicted octanol–water partition coefficient (Wildman–Crippen LogP) is 1.79. The molecule has 0 aliphatic heterocycles. The molecule has 0 radical (unpaired) electrons. The SMILES string of the molecule is CCC(N)Cn1c(C)nc2cc(C)cnc21. The van der Waals surface area contributed by atoms with E-state index >= 15 is 0 Å². The van der Waals surface area contributed by atoms with Crippen molar-refractivity contribution >= 4 is 11.2 Å². The van der Waals surface area contributed by atoms with Gasteiger partial charge in [-0.25, -0.2) is 9.97 Å². The van der Waals surface area contributed by atoms with Crippen molar-refractivity contribution in [2.75, 3.05) is 0 Å². The average Bonchev–Trinajstić information content (AvgIpc) is 2.54. The summed E-state index contributed by atoms with van der Waals surface area (Å²) in [6, 6.07) is 2.22. The number of hydrogen-bond donors (Lipinski definition) is 1. The van der Waals surface area contributed by atoms with Crippen LogP contribution in [-0.4, -0.2) is 20.6 Å². The summed E-state index contributed by atoms with van der Waals surface area (Å²) in [6.45, 7) is 6.91. The van der Waals surface area contributed by atoms with E-state index < -0.39 is 0 Å². The molecule has 0 spiro atoms.